The first-order valence-corrected chi connectivity index (χ1v) is 14.9. The molecule has 40 heavy (non-hydrogen) atoms. The molecule has 1 aliphatic rings. The van der Waals surface area contributed by atoms with Gasteiger partial charge in [-0.15, -0.1) is 11.3 Å². The molecule has 2 amide bonds. The third-order valence-electron chi connectivity index (χ3n) is 7.26. The molecule has 208 valence electrons. The molecule has 4 aromatic rings. The van der Waals surface area contributed by atoms with E-state index in [9.17, 15) is 9.59 Å². The van der Waals surface area contributed by atoms with Gasteiger partial charge in [0.1, 0.15) is 10.7 Å². The van der Waals surface area contributed by atoms with Crippen molar-refractivity contribution in [3.05, 3.63) is 105 Å². The van der Waals surface area contributed by atoms with Crippen LogP contribution in [-0.2, 0) is 13.1 Å². The van der Waals surface area contributed by atoms with Crippen LogP contribution in [0.2, 0.25) is 5.02 Å². The molecule has 2 aromatic heterocycles. The topological polar surface area (TPSA) is 61.7 Å². The Labute approximate surface area is 244 Å². The predicted molar refractivity (Wildman–Crippen MR) is 161 cm³/mol. The quantitative estimate of drug-likeness (QED) is 0.247. The third-order valence-corrected chi connectivity index (χ3v) is 8.42. The summed E-state index contributed by atoms with van der Waals surface area (Å²) in [5, 5.41) is 3.18. The number of nitrogens with zero attached hydrogens (tertiary/aromatic N) is 5. The lowest BCUT2D eigenvalue weighted by Crippen LogP contribution is -2.49. The molecule has 3 heterocycles. The molecule has 7 nitrogen and oxygen atoms in total. The second-order valence-corrected chi connectivity index (χ2v) is 11.4. The Morgan fingerprint density at radius 2 is 1.75 bits per heavy atom. The zero-order valence-electron chi connectivity index (χ0n) is 22.9. The number of thiazole rings is 1. The van der Waals surface area contributed by atoms with Gasteiger partial charge in [-0.05, 0) is 49.2 Å². The van der Waals surface area contributed by atoms with Crippen molar-refractivity contribution in [3.63, 3.8) is 0 Å². The van der Waals surface area contributed by atoms with Crippen LogP contribution in [0.15, 0.2) is 72.2 Å². The minimum absolute atomic E-state index is 0.0147. The Bertz CT molecular complexity index is 1470. The number of aromatic nitrogens is 2. The number of aryl methyl sites for hydroxylation is 1. The average molecular weight is 576 g/mol. The van der Waals surface area contributed by atoms with Crippen LogP contribution in [0.25, 0.3) is 0 Å². The predicted octanol–water partition coefficient (Wildman–Crippen LogP) is 5.97. The maximum atomic E-state index is 13.3. The number of benzene rings is 2. The first-order chi connectivity index (χ1) is 19.4. The van der Waals surface area contributed by atoms with Crippen LogP contribution < -0.4 is 4.90 Å². The fourth-order valence-corrected chi connectivity index (χ4v) is 6.11. The van der Waals surface area contributed by atoms with Gasteiger partial charge in [-0.1, -0.05) is 48.9 Å². The van der Waals surface area contributed by atoms with Crippen molar-refractivity contribution in [1.29, 1.82) is 0 Å². The molecule has 1 aliphatic heterocycles. The van der Waals surface area contributed by atoms with Crippen LogP contribution in [0.5, 0.6) is 0 Å². The highest BCUT2D eigenvalue weighted by Crippen LogP contribution is 2.23. The smallest absolute Gasteiger partial charge is 0.273 e. The van der Waals surface area contributed by atoms with Gasteiger partial charge in [-0.25, -0.2) is 4.98 Å². The van der Waals surface area contributed by atoms with Crippen molar-refractivity contribution in [3.8, 4) is 0 Å². The number of halogens is 1. The van der Waals surface area contributed by atoms with Crippen molar-refractivity contribution in [2.45, 2.75) is 33.4 Å². The van der Waals surface area contributed by atoms with Gasteiger partial charge in [0, 0.05) is 55.7 Å². The molecular weight excluding hydrogens is 542 g/mol. The Morgan fingerprint density at radius 3 is 2.50 bits per heavy atom. The van der Waals surface area contributed by atoms with E-state index in [4.69, 9.17) is 16.6 Å². The highest BCUT2D eigenvalue weighted by Gasteiger charge is 2.25. The number of piperazine rings is 1. The van der Waals surface area contributed by atoms with Crippen molar-refractivity contribution in [2.24, 2.45) is 0 Å². The molecule has 1 fully saturated rings. The van der Waals surface area contributed by atoms with Crippen molar-refractivity contribution in [1.82, 2.24) is 19.4 Å². The zero-order valence-corrected chi connectivity index (χ0v) is 24.5. The summed E-state index contributed by atoms with van der Waals surface area (Å²) < 4.78 is 2.09. The van der Waals surface area contributed by atoms with Crippen molar-refractivity contribution < 1.29 is 9.59 Å². The van der Waals surface area contributed by atoms with Gasteiger partial charge in [-0.3, -0.25) is 9.59 Å². The highest BCUT2D eigenvalue weighted by atomic mass is 35.5. The Hall–Kier alpha value is -3.62. The summed E-state index contributed by atoms with van der Waals surface area (Å²) in [5.74, 6) is -0.0935. The van der Waals surface area contributed by atoms with Gasteiger partial charge in [0.15, 0.2) is 0 Å². The maximum absolute atomic E-state index is 13.3. The molecule has 2 aromatic carbocycles. The summed E-state index contributed by atoms with van der Waals surface area (Å²) in [6, 6.07) is 19.5. The third kappa shape index (κ3) is 6.24. The molecule has 0 bridgehead atoms. The molecule has 0 saturated carbocycles. The molecule has 0 N–H and O–H groups in total. The summed E-state index contributed by atoms with van der Waals surface area (Å²) in [6.07, 6.45) is 2.83. The van der Waals surface area contributed by atoms with Crippen LogP contribution in [-0.4, -0.2) is 63.9 Å². The van der Waals surface area contributed by atoms with E-state index in [0.29, 0.717) is 49.0 Å². The lowest BCUT2D eigenvalue weighted by molar-refractivity contribution is 0.0732. The van der Waals surface area contributed by atoms with E-state index < -0.39 is 0 Å². The standard InChI is InChI=1S/C31H34ClN5O2S/c1-3-14-37(30(38)25-11-5-6-12-26(25)32)20-24-10-8-15-36(24)21-29-33-27(22-40-29)31(39)35-18-16-34(17-19-35)28-13-7-4-9-23(28)2/h4-13,15,22H,3,14,16-21H2,1-2H3. The SMILES string of the molecule is CCCN(Cc1cccn1Cc1nc(C(=O)N2CCN(c3ccccc3C)CC2)cs1)C(=O)c1ccccc1Cl. The van der Waals surface area contributed by atoms with E-state index in [1.807, 2.05) is 45.6 Å². The van der Waals surface area contributed by atoms with Crippen molar-refractivity contribution >= 4 is 40.4 Å². The molecule has 5 rings (SSSR count). The fourth-order valence-electron chi connectivity index (χ4n) is 5.13. The molecule has 0 unspecified atom stereocenters. The minimum atomic E-state index is -0.0788. The van der Waals surface area contributed by atoms with E-state index in [1.165, 1.54) is 22.6 Å². The number of hydrogen-bond donors (Lipinski definition) is 0. The number of hydrogen-bond acceptors (Lipinski definition) is 5. The molecular formula is C31H34ClN5O2S. The highest BCUT2D eigenvalue weighted by molar-refractivity contribution is 7.09. The molecule has 0 aliphatic carbocycles. The van der Waals surface area contributed by atoms with Crippen LogP contribution in [0.1, 0.15) is 50.5 Å². The lowest BCUT2D eigenvalue weighted by atomic mass is 10.1. The second-order valence-electron chi connectivity index (χ2n) is 10.0. The summed E-state index contributed by atoms with van der Waals surface area (Å²) in [4.78, 5) is 37.3. The maximum Gasteiger partial charge on any atom is 0.273 e. The van der Waals surface area contributed by atoms with Gasteiger partial charge < -0.3 is 19.3 Å². The number of amides is 2. The normalized spacial score (nSPS) is 13.5. The number of rotatable bonds is 9. The first kappa shape index (κ1) is 27.9. The Kier molecular flexibility index (Phi) is 8.87. The number of para-hydroxylation sites is 1. The minimum Gasteiger partial charge on any atom is -0.368 e. The van der Waals surface area contributed by atoms with E-state index >= 15 is 0 Å². The largest absolute Gasteiger partial charge is 0.368 e. The van der Waals surface area contributed by atoms with Gasteiger partial charge in [0.2, 0.25) is 0 Å². The fraction of sp³-hybridized carbons (Fsp3) is 0.323. The zero-order chi connectivity index (χ0) is 28.1. The summed E-state index contributed by atoms with van der Waals surface area (Å²) >= 11 is 7.81. The van der Waals surface area contributed by atoms with Crippen LogP contribution in [0.3, 0.4) is 0 Å². The summed E-state index contributed by atoms with van der Waals surface area (Å²) in [6.45, 7) is 8.78. The average Bonchev–Trinajstić information content (AvgIpc) is 3.62. The molecule has 0 radical (unpaired) electrons. The first-order valence-electron chi connectivity index (χ1n) is 13.7. The van der Waals surface area contributed by atoms with Gasteiger partial charge in [-0.2, -0.15) is 0 Å². The summed E-state index contributed by atoms with van der Waals surface area (Å²) in [7, 11) is 0. The van der Waals surface area contributed by atoms with E-state index in [1.54, 1.807) is 12.1 Å². The second kappa shape index (κ2) is 12.7. The van der Waals surface area contributed by atoms with Crippen LogP contribution >= 0.6 is 22.9 Å². The molecule has 1 saturated heterocycles. The molecule has 0 spiro atoms. The summed E-state index contributed by atoms with van der Waals surface area (Å²) in [5.41, 5.74) is 4.50. The van der Waals surface area contributed by atoms with Gasteiger partial charge in [0.25, 0.3) is 11.8 Å². The van der Waals surface area contributed by atoms with E-state index in [-0.39, 0.29) is 11.8 Å². The number of carbonyl (C=O) groups is 2. The Morgan fingerprint density at radius 1 is 1.00 bits per heavy atom. The lowest BCUT2D eigenvalue weighted by Gasteiger charge is -2.36. The number of anilines is 1. The Balaban J connectivity index is 1.22. The molecule has 0 atom stereocenters. The van der Waals surface area contributed by atoms with E-state index in [0.717, 1.165) is 30.2 Å². The molecule has 9 heteroatoms. The van der Waals surface area contributed by atoms with Gasteiger partial charge >= 0.3 is 0 Å². The van der Waals surface area contributed by atoms with Crippen molar-refractivity contribution in [2.75, 3.05) is 37.6 Å². The monoisotopic (exact) mass is 575 g/mol. The van der Waals surface area contributed by atoms with Gasteiger partial charge in [0.05, 0.1) is 23.7 Å². The number of carbonyl (C=O) groups excluding carboxylic acids is 2. The van der Waals surface area contributed by atoms with Crippen LogP contribution in [0, 0.1) is 6.92 Å². The van der Waals surface area contributed by atoms with Crippen LogP contribution in [0.4, 0.5) is 5.69 Å². The van der Waals surface area contributed by atoms with E-state index in [2.05, 4.69) is 47.6 Å².